The molecule has 0 saturated heterocycles. The van der Waals surface area contributed by atoms with Gasteiger partial charge in [0, 0.05) is 5.39 Å². The van der Waals surface area contributed by atoms with Crippen LogP contribution in [0.4, 0.5) is 17.6 Å². The van der Waals surface area contributed by atoms with Crippen LogP contribution in [0.3, 0.4) is 0 Å². The topological polar surface area (TPSA) is 77.9 Å². The van der Waals surface area contributed by atoms with Crippen LogP contribution in [0.1, 0.15) is 33.3 Å². The van der Waals surface area contributed by atoms with Crippen molar-refractivity contribution in [3.63, 3.8) is 0 Å². The standard InChI is InChI=1S/C29H22ClF4NO5/c1-38-21-9-10-26(22(13-21)28(36)37)39-15-27(40-16-29(32,33)34)19-4-2-3-17(11-19)5-7-20-8-6-18-12-24(31)23(30)14-25(18)35-20/h2-14,27H,15-16H2,1H3,(H,36,37)/b7-5+/t27-/m1/s1. The Kier molecular flexibility index (Phi) is 8.91. The molecule has 1 N–H and O–H groups in total. The summed E-state index contributed by atoms with van der Waals surface area (Å²) in [5.41, 5.74) is 1.85. The first-order valence-corrected chi connectivity index (χ1v) is 12.2. The van der Waals surface area contributed by atoms with E-state index in [4.69, 9.17) is 25.8 Å². The summed E-state index contributed by atoms with van der Waals surface area (Å²) in [7, 11) is 1.37. The normalized spacial score (nSPS) is 12.6. The van der Waals surface area contributed by atoms with E-state index in [-0.39, 0.29) is 28.7 Å². The molecular weight excluding hydrogens is 554 g/mol. The Balaban J connectivity index is 1.57. The van der Waals surface area contributed by atoms with Gasteiger partial charge in [-0.1, -0.05) is 41.9 Å². The molecule has 11 heteroatoms. The van der Waals surface area contributed by atoms with Crippen LogP contribution in [-0.4, -0.2) is 42.6 Å². The van der Waals surface area contributed by atoms with Gasteiger partial charge in [0.2, 0.25) is 0 Å². The van der Waals surface area contributed by atoms with Gasteiger partial charge in [-0.3, -0.25) is 0 Å². The predicted octanol–water partition coefficient (Wildman–Crippen LogP) is 7.60. The summed E-state index contributed by atoms with van der Waals surface area (Å²) in [5, 5.41) is 10.0. The second-order valence-electron chi connectivity index (χ2n) is 8.59. The molecule has 0 radical (unpaired) electrons. The van der Waals surface area contributed by atoms with Crippen LogP contribution >= 0.6 is 11.6 Å². The fourth-order valence-corrected chi connectivity index (χ4v) is 3.96. The highest BCUT2D eigenvalue weighted by atomic mass is 35.5. The van der Waals surface area contributed by atoms with Gasteiger partial charge in [-0.15, -0.1) is 0 Å². The Morgan fingerprint density at radius 1 is 1.07 bits per heavy atom. The Morgan fingerprint density at radius 2 is 1.88 bits per heavy atom. The number of carboxylic acid groups (broad SMARTS) is 1. The molecule has 1 heterocycles. The van der Waals surface area contributed by atoms with Gasteiger partial charge in [0.25, 0.3) is 0 Å². The number of rotatable bonds is 10. The van der Waals surface area contributed by atoms with Crippen LogP contribution < -0.4 is 9.47 Å². The molecule has 4 aromatic rings. The van der Waals surface area contributed by atoms with Crippen molar-refractivity contribution in [2.24, 2.45) is 0 Å². The van der Waals surface area contributed by atoms with Gasteiger partial charge in [0.05, 0.1) is 23.3 Å². The number of halogens is 5. The smallest absolute Gasteiger partial charge is 0.411 e. The average molecular weight is 576 g/mol. The maximum atomic E-state index is 13.7. The van der Waals surface area contributed by atoms with E-state index in [0.29, 0.717) is 27.7 Å². The lowest BCUT2D eigenvalue weighted by atomic mass is 10.1. The molecule has 0 spiro atoms. The molecule has 0 aliphatic carbocycles. The molecule has 0 saturated carbocycles. The van der Waals surface area contributed by atoms with Crippen molar-refractivity contribution < 1.29 is 41.7 Å². The summed E-state index contributed by atoms with van der Waals surface area (Å²) in [4.78, 5) is 16.1. The van der Waals surface area contributed by atoms with E-state index in [1.807, 2.05) is 0 Å². The highest BCUT2D eigenvalue weighted by Crippen LogP contribution is 2.29. The largest absolute Gasteiger partial charge is 0.497 e. The highest BCUT2D eigenvalue weighted by molar-refractivity contribution is 6.31. The quantitative estimate of drug-likeness (QED) is 0.196. The van der Waals surface area contributed by atoms with Crippen molar-refractivity contribution >= 4 is 40.6 Å². The summed E-state index contributed by atoms with van der Waals surface area (Å²) in [6.07, 6.45) is -2.37. The van der Waals surface area contributed by atoms with Crippen molar-refractivity contribution in [1.82, 2.24) is 4.98 Å². The first-order valence-electron chi connectivity index (χ1n) is 11.8. The molecule has 0 bridgehead atoms. The highest BCUT2D eigenvalue weighted by Gasteiger charge is 2.30. The SMILES string of the molecule is COc1ccc(OC[C@@H](OCC(F)(F)F)c2cccc(/C=C/c3ccc4cc(F)c(Cl)cc4n3)c2)c(C(=O)O)c1. The van der Waals surface area contributed by atoms with Crippen LogP contribution in [0, 0.1) is 5.82 Å². The third-order valence-corrected chi connectivity index (χ3v) is 6.03. The number of ether oxygens (including phenoxy) is 3. The molecular formula is C29H22ClF4NO5. The number of carbonyl (C=O) groups is 1. The van der Waals surface area contributed by atoms with Gasteiger partial charge >= 0.3 is 12.1 Å². The van der Waals surface area contributed by atoms with Gasteiger partial charge in [-0.25, -0.2) is 14.2 Å². The lowest BCUT2D eigenvalue weighted by molar-refractivity contribution is -0.188. The van der Waals surface area contributed by atoms with E-state index in [9.17, 15) is 27.5 Å². The Bertz CT molecular complexity index is 1560. The van der Waals surface area contributed by atoms with Crippen LogP contribution in [0.5, 0.6) is 11.5 Å². The number of methoxy groups -OCH3 is 1. The zero-order valence-corrected chi connectivity index (χ0v) is 21.7. The van der Waals surface area contributed by atoms with Gasteiger partial charge < -0.3 is 19.3 Å². The number of fused-ring (bicyclic) bond motifs is 1. The lowest BCUT2D eigenvalue weighted by Gasteiger charge is -2.21. The third-order valence-electron chi connectivity index (χ3n) is 5.74. The number of nitrogens with zero attached hydrogens (tertiary/aromatic N) is 1. The van der Waals surface area contributed by atoms with Crippen LogP contribution in [0.2, 0.25) is 5.02 Å². The molecule has 0 fully saturated rings. The van der Waals surface area contributed by atoms with Gasteiger partial charge in [0.15, 0.2) is 0 Å². The number of hydrogen-bond donors (Lipinski definition) is 1. The van der Waals surface area contributed by atoms with Crippen LogP contribution in [-0.2, 0) is 4.74 Å². The number of aromatic nitrogens is 1. The average Bonchev–Trinajstić information content (AvgIpc) is 2.92. The van der Waals surface area contributed by atoms with Crippen molar-refractivity contribution in [1.29, 1.82) is 0 Å². The zero-order valence-electron chi connectivity index (χ0n) is 20.9. The van der Waals surface area contributed by atoms with Crippen molar-refractivity contribution in [2.75, 3.05) is 20.3 Å². The number of aromatic carboxylic acids is 1. The molecule has 1 aromatic heterocycles. The molecule has 0 amide bonds. The number of pyridine rings is 1. The summed E-state index contributed by atoms with van der Waals surface area (Å²) < 4.78 is 68.4. The minimum absolute atomic E-state index is 0.0488. The molecule has 4 rings (SSSR count). The molecule has 3 aromatic carbocycles. The summed E-state index contributed by atoms with van der Waals surface area (Å²) in [5.74, 6) is -1.60. The second kappa shape index (κ2) is 12.4. The first-order chi connectivity index (χ1) is 19.0. The Hall–Kier alpha value is -4.15. The van der Waals surface area contributed by atoms with E-state index in [1.165, 1.54) is 37.4 Å². The minimum atomic E-state index is -4.59. The van der Waals surface area contributed by atoms with E-state index < -0.39 is 30.7 Å². The molecule has 1 atom stereocenters. The molecule has 208 valence electrons. The van der Waals surface area contributed by atoms with E-state index >= 15 is 0 Å². The fourth-order valence-electron chi connectivity index (χ4n) is 3.80. The van der Waals surface area contributed by atoms with E-state index in [2.05, 4.69) is 4.98 Å². The maximum Gasteiger partial charge on any atom is 0.411 e. The summed E-state index contributed by atoms with van der Waals surface area (Å²) in [6, 6.07) is 16.8. The van der Waals surface area contributed by atoms with Crippen LogP contribution in [0.15, 0.2) is 66.7 Å². The zero-order chi connectivity index (χ0) is 28.9. The predicted molar refractivity (Wildman–Crippen MR) is 142 cm³/mol. The molecule has 0 aliphatic heterocycles. The number of alkyl halides is 3. The van der Waals surface area contributed by atoms with Crippen molar-refractivity contribution in [3.8, 4) is 11.5 Å². The Labute approximate surface area is 231 Å². The van der Waals surface area contributed by atoms with Gasteiger partial charge in [-0.05, 0) is 59.7 Å². The van der Waals surface area contributed by atoms with Crippen molar-refractivity contribution in [2.45, 2.75) is 12.3 Å². The maximum absolute atomic E-state index is 13.7. The third kappa shape index (κ3) is 7.49. The Morgan fingerprint density at radius 3 is 2.60 bits per heavy atom. The van der Waals surface area contributed by atoms with Gasteiger partial charge in [-0.2, -0.15) is 13.2 Å². The lowest BCUT2D eigenvalue weighted by Crippen LogP contribution is -2.23. The monoisotopic (exact) mass is 575 g/mol. The fraction of sp³-hybridized carbons (Fsp3) is 0.172. The first kappa shape index (κ1) is 28.8. The molecule has 6 nitrogen and oxygen atoms in total. The minimum Gasteiger partial charge on any atom is -0.497 e. The summed E-state index contributed by atoms with van der Waals surface area (Å²) >= 11 is 5.86. The van der Waals surface area contributed by atoms with E-state index in [1.54, 1.807) is 48.6 Å². The molecule has 40 heavy (non-hydrogen) atoms. The number of carboxylic acids is 1. The van der Waals surface area contributed by atoms with E-state index in [0.717, 1.165) is 0 Å². The molecule has 0 unspecified atom stereocenters. The number of hydrogen-bond acceptors (Lipinski definition) is 5. The second-order valence-corrected chi connectivity index (χ2v) is 9.00. The van der Waals surface area contributed by atoms with Crippen LogP contribution in [0.25, 0.3) is 23.1 Å². The van der Waals surface area contributed by atoms with Crippen molar-refractivity contribution in [3.05, 3.63) is 100.0 Å². The number of benzene rings is 3. The molecule has 0 aliphatic rings. The summed E-state index contributed by atoms with van der Waals surface area (Å²) in [6.45, 7) is -1.92. The van der Waals surface area contributed by atoms with Gasteiger partial charge in [0.1, 0.15) is 42.2 Å².